The second-order valence-electron chi connectivity index (χ2n) is 8.05. The molecule has 4 rings (SSSR count). The van der Waals surface area contributed by atoms with Crippen LogP contribution in [0.3, 0.4) is 0 Å². The Kier molecular flexibility index (Phi) is 7.59. The Balaban J connectivity index is 1.26. The third-order valence-electron chi connectivity index (χ3n) is 5.95. The minimum Gasteiger partial charge on any atom is -0.355 e. The number of piperidine rings is 2. The highest BCUT2D eigenvalue weighted by Crippen LogP contribution is 2.33. The van der Waals surface area contributed by atoms with Crippen molar-refractivity contribution in [2.24, 2.45) is 5.92 Å². The highest BCUT2D eigenvalue weighted by atomic mass is 32.2. The molecule has 0 saturated carbocycles. The third-order valence-corrected chi connectivity index (χ3v) is 6.93. The number of amides is 1. The third kappa shape index (κ3) is 5.73. The largest absolute Gasteiger partial charge is 0.355 e. The van der Waals surface area contributed by atoms with Crippen molar-refractivity contribution in [3.63, 3.8) is 0 Å². The lowest BCUT2D eigenvalue weighted by Gasteiger charge is -2.33. The first-order chi connectivity index (χ1) is 14.8. The van der Waals surface area contributed by atoms with E-state index in [0.717, 1.165) is 54.8 Å². The number of carbonyl (C=O) groups excluding carboxylic acids is 1. The molecule has 2 aromatic rings. The summed E-state index contributed by atoms with van der Waals surface area (Å²) in [7, 11) is 0. The van der Waals surface area contributed by atoms with Gasteiger partial charge in [-0.15, -0.1) is 0 Å². The van der Waals surface area contributed by atoms with Crippen molar-refractivity contribution in [2.75, 3.05) is 44.2 Å². The van der Waals surface area contributed by atoms with Gasteiger partial charge in [-0.2, -0.15) is 0 Å². The molecule has 160 valence electrons. The van der Waals surface area contributed by atoms with E-state index in [1.807, 2.05) is 18.2 Å². The minimum atomic E-state index is 0.101. The second kappa shape index (κ2) is 10.8. The van der Waals surface area contributed by atoms with Crippen LogP contribution in [-0.2, 0) is 4.79 Å². The first kappa shape index (κ1) is 21.1. The van der Waals surface area contributed by atoms with Gasteiger partial charge in [-0.25, -0.2) is 9.97 Å². The number of nitrogens with one attached hydrogen (secondary N) is 1. The molecule has 7 heteroatoms. The van der Waals surface area contributed by atoms with Crippen molar-refractivity contribution in [3.8, 4) is 0 Å². The molecular formula is C23H31N5OS. The molecule has 0 unspecified atom stereocenters. The molecule has 2 aliphatic rings. The fraction of sp³-hybridized carbons (Fsp3) is 0.522. The molecule has 3 heterocycles. The van der Waals surface area contributed by atoms with Gasteiger partial charge in [0.05, 0.1) is 0 Å². The van der Waals surface area contributed by atoms with E-state index in [9.17, 15) is 4.79 Å². The molecule has 1 N–H and O–H groups in total. The fourth-order valence-corrected chi connectivity index (χ4v) is 5.13. The van der Waals surface area contributed by atoms with Gasteiger partial charge in [0.25, 0.3) is 0 Å². The maximum absolute atomic E-state index is 12.6. The predicted octanol–water partition coefficient (Wildman–Crippen LogP) is 3.45. The van der Waals surface area contributed by atoms with Crippen LogP contribution in [0, 0.1) is 5.92 Å². The first-order valence-corrected chi connectivity index (χ1v) is 11.9. The van der Waals surface area contributed by atoms with E-state index in [0.29, 0.717) is 0 Å². The van der Waals surface area contributed by atoms with Gasteiger partial charge < -0.3 is 15.1 Å². The van der Waals surface area contributed by atoms with E-state index >= 15 is 0 Å². The first-order valence-electron chi connectivity index (χ1n) is 11.1. The van der Waals surface area contributed by atoms with Crippen molar-refractivity contribution in [3.05, 3.63) is 42.7 Å². The van der Waals surface area contributed by atoms with Crippen molar-refractivity contribution in [1.29, 1.82) is 0 Å². The van der Waals surface area contributed by atoms with Gasteiger partial charge in [0, 0.05) is 49.4 Å². The molecule has 1 aromatic heterocycles. The molecule has 6 nitrogen and oxygen atoms in total. The van der Waals surface area contributed by atoms with Gasteiger partial charge >= 0.3 is 0 Å². The zero-order chi connectivity index (χ0) is 20.6. The van der Waals surface area contributed by atoms with Crippen LogP contribution in [0.2, 0.25) is 0 Å². The number of anilines is 1. The molecule has 1 aromatic carbocycles. The predicted molar refractivity (Wildman–Crippen MR) is 121 cm³/mol. The molecule has 30 heavy (non-hydrogen) atoms. The van der Waals surface area contributed by atoms with Crippen LogP contribution in [0.4, 0.5) is 5.82 Å². The van der Waals surface area contributed by atoms with Gasteiger partial charge in [0.1, 0.15) is 5.03 Å². The summed E-state index contributed by atoms with van der Waals surface area (Å²) < 4.78 is 0. The van der Waals surface area contributed by atoms with Crippen molar-refractivity contribution in [1.82, 2.24) is 20.2 Å². The quantitative estimate of drug-likeness (QED) is 0.733. The zero-order valence-electron chi connectivity index (χ0n) is 17.5. The number of rotatable bonds is 7. The van der Waals surface area contributed by atoms with Crippen LogP contribution >= 0.6 is 11.8 Å². The van der Waals surface area contributed by atoms with Gasteiger partial charge in [-0.1, -0.05) is 36.4 Å². The van der Waals surface area contributed by atoms with Crippen LogP contribution in [0.1, 0.15) is 32.1 Å². The average Bonchev–Trinajstić information content (AvgIpc) is 2.81. The lowest BCUT2D eigenvalue weighted by atomic mass is 9.96. The fourth-order valence-electron chi connectivity index (χ4n) is 4.23. The monoisotopic (exact) mass is 425 g/mol. The van der Waals surface area contributed by atoms with E-state index < -0.39 is 0 Å². The minimum absolute atomic E-state index is 0.101. The molecular weight excluding hydrogens is 394 g/mol. The summed E-state index contributed by atoms with van der Waals surface area (Å²) in [6.45, 7) is 5.77. The molecule has 2 saturated heterocycles. The lowest BCUT2D eigenvalue weighted by Crippen LogP contribution is -2.43. The van der Waals surface area contributed by atoms with E-state index in [-0.39, 0.29) is 11.8 Å². The Labute approximate surface area is 183 Å². The molecule has 1 amide bonds. The summed E-state index contributed by atoms with van der Waals surface area (Å²) in [6.07, 6.45) is 9.15. The summed E-state index contributed by atoms with van der Waals surface area (Å²) in [6, 6.07) is 10.3. The molecule has 0 bridgehead atoms. The topological polar surface area (TPSA) is 61.4 Å². The summed E-state index contributed by atoms with van der Waals surface area (Å²) >= 11 is 1.64. The highest BCUT2D eigenvalue weighted by molar-refractivity contribution is 7.99. The van der Waals surface area contributed by atoms with Crippen LogP contribution in [0.15, 0.2) is 52.6 Å². The molecule has 0 radical (unpaired) electrons. The van der Waals surface area contributed by atoms with Gasteiger partial charge in [0.2, 0.25) is 5.91 Å². The van der Waals surface area contributed by atoms with Crippen LogP contribution in [-0.4, -0.2) is 60.0 Å². The number of benzene rings is 1. The Bertz CT molecular complexity index is 804. The lowest BCUT2D eigenvalue weighted by molar-refractivity contribution is -0.125. The molecule has 2 aliphatic heterocycles. The summed E-state index contributed by atoms with van der Waals surface area (Å²) in [5.41, 5.74) is 0. The number of aromatic nitrogens is 2. The number of hydrogen-bond donors (Lipinski definition) is 1. The molecule has 2 fully saturated rings. The van der Waals surface area contributed by atoms with Crippen molar-refractivity contribution < 1.29 is 4.79 Å². The van der Waals surface area contributed by atoms with Gasteiger partial charge in [0.15, 0.2) is 5.82 Å². The maximum atomic E-state index is 12.6. The number of hydrogen-bond acceptors (Lipinski definition) is 6. The van der Waals surface area contributed by atoms with Crippen LogP contribution in [0.25, 0.3) is 0 Å². The standard InChI is InChI=1S/C23H31N5OS/c29-22(25-13-18-27-14-5-2-6-15-27)19-9-16-28(17-10-19)21-23(26-12-11-24-21)30-20-7-3-1-4-8-20/h1,3-4,7-8,11-12,19H,2,5-6,9-10,13-18H2,(H,25,29). The van der Waals surface area contributed by atoms with Gasteiger partial charge in [-0.05, 0) is 50.9 Å². The summed E-state index contributed by atoms with van der Waals surface area (Å²) in [5.74, 6) is 1.24. The second-order valence-corrected chi connectivity index (χ2v) is 9.12. The van der Waals surface area contributed by atoms with E-state index in [2.05, 4.69) is 37.2 Å². The number of likely N-dealkylation sites (tertiary alicyclic amines) is 1. The number of carbonyl (C=O) groups is 1. The van der Waals surface area contributed by atoms with Crippen LogP contribution < -0.4 is 10.2 Å². The molecule has 0 aliphatic carbocycles. The Morgan fingerprint density at radius 1 is 1.00 bits per heavy atom. The summed E-state index contributed by atoms with van der Waals surface area (Å²) in [4.78, 5) is 27.7. The Morgan fingerprint density at radius 2 is 1.73 bits per heavy atom. The molecule has 0 atom stereocenters. The van der Waals surface area contributed by atoms with Crippen molar-refractivity contribution in [2.45, 2.75) is 42.0 Å². The smallest absolute Gasteiger partial charge is 0.223 e. The van der Waals surface area contributed by atoms with Crippen LogP contribution in [0.5, 0.6) is 0 Å². The maximum Gasteiger partial charge on any atom is 0.223 e. The normalized spacial score (nSPS) is 18.3. The summed E-state index contributed by atoms with van der Waals surface area (Å²) in [5, 5.41) is 4.09. The van der Waals surface area contributed by atoms with E-state index in [1.165, 1.54) is 32.4 Å². The highest BCUT2D eigenvalue weighted by Gasteiger charge is 2.27. The average molecular weight is 426 g/mol. The Morgan fingerprint density at radius 3 is 2.50 bits per heavy atom. The molecule has 0 spiro atoms. The van der Waals surface area contributed by atoms with E-state index in [4.69, 9.17) is 0 Å². The Hall–Kier alpha value is -2.12. The number of nitrogens with zero attached hydrogens (tertiary/aromatic N) is 4. The van der Waals surface area contributed by atoms with Gasteiger partial charge in [-0.3, -0.25) is 4.79 Å². The zero-order valence-corrected chi connectivity index (χ0v) is 18.3. The van der Waals surface area contributed by atoms with E-state index in [1.54, 1.807) is 24.2 Å². The SMILES string of the molecule is O=C(NCCN1CCCCC1)C1CCN(c2nccnc2Sc2ccccc2)CC1. The van der Waals surface area contributed by atoms with Crippen molar-refractivity contribution >= 4 is 23.5 Å².